The quantitative estimate of drug-likeness (QED) is 0.185. The van der Waals surface area contributed by atoms with E-state index in [1.165, 1.54) is 43.8 Å². The highest BCUT2D eigenvalue weighted by atomic mass is 16.5. The molecule has 9 aromatic carbocycles. The van der Waals surface area contributed by atoms with Crippen LogP contribution in [0.1, 0.15) is 45.1 Å². The third kappa shape index (κ3) is 4.31. The van der Waals surface area contributed by atoms with E-state index in [-0.39, 0.29) is 6.17 Å². The lowest BCUT2D eigenvalue weighted by atomic mass is 9.64. The standard InChI is InChI=1S/C53H34N2O/c1-2-15-33(16-3-1)51-42-23-8-11-26-46(42)54-52(55-51)36-18-14-17-34(31-36)35-29-30-41-45(32-35)53(43-24-9-12-27-47(43)56-48-28-13-10-25-44(48)53)50-40-22-7-5-20-38(40)37-19-4-6-21-39(37)49(41)50/h1-32,52,54H. The van der Waals surface area contributed by atoms with Gasteiger partial charge >= 0.3 is 0 Å². The second kappa shape index (κ2) is 11.9. The molecule has 2 aliphatic heterocycles. The highest BCUT2D eigenvalue weighted by molar-refractivity contribution is 6.20. The van der Waals surface area contributed by atoms with Crippen molar-refractivity contribution in [1.82, 2.24) is 0 Å². The molecule has 1 atom stereocenters. The van der Waals surface area contributed by atoms with Crippen molar-refractivity contribution in [3.63, 3.8) is 0 Å². The molecule has 262 valence electrons. The maximum atomic E-state index is 6.74. The average molecular weight is 715 g/mol. The third-order valence-electron chi connectivity index (χ3n) is 12.1. The molecule has 1 unspecified atom stereocenters. The molecule has 3 aliphatic rings. The normalized spacial score (nSPS) is 15.5. The molecule has 0 fully saturated rings. The molecule has 9 aromatic rings. The molecule has 0 amide bonds. The molecular formula is C53H34N2O. The number of nitrogens with one attached hydrogen (secondary N) is 1. The van der Waals surface area contributed by atoms with Crippen molar-refractivity contribution in [3.8, 4) is 33.8 Å². The first-order valence-electron chi connectivity index (χ1n) is 19.3. The monoisotopic (exact) mass is 714 g/mol. The van der Waals surface area contributed by atoms with Crippen molar-refractivity contribution in [1.29, 1.82) is 0 Å². The average Bonchev–Trinajstić information content (AvgIpc) is 3.57. The van der Waals surface area contributed by atoms with E-state index in [9.17, 15) is 0 Å². The minimum absolute atomic E-state index is 0.239. The number of rotatable bonds is 3. The lowest BCUT2D eigenvalue weighted by Crippen LogP contribution is -2.32. The van der Waals surface area contributed by atoms with Gasteiger partial charge in [-0.25, -0.2) is 0 Å². The van der Waals surface area contributed by atoms with Crippen LogP contribution < -0.4 is 10.1 Å². The number of para-hydroxylation sites is 3. The molecule has 1 spiro atoms. The predicted molar refractivity (Wildman–Crippen MR) is 229 cm³/mol. The van der Waals surface area contributed by atoms with E-state index >= 15 is 0 Å². The first-order valence-corrected chi connectivity index (χ1v) is 19.3. The van der Waals surface area contributed by atoms with E-state index in [1.54, 1.807) is 0 Å². The summed E-state index contributed by atoms with van der Waals surface area (Å²) in [6.45, 7) is 0. The van der Waals surface area contributed by atoms with E-state index in [1.807, 2.05) is 0 Å². The first kappa shape index (κ1) is 31.2. The second-order valence-electron chi connectivity index (χ2n) is 15.0. The molecular weight excluding hydrogens is 681 g/mol. The number of aliphatic imine (C=N–C) groups is 1. The van der Waals surface area contributed by atoms with Crippen molar-refractivity contribution >= 4 is 32.9 Å². The summed E-state index contributed by atoms with van der Waals surface area (Å²) in [5, 5.41) is 8.82. The van der Waals surface area contributed by atoms with E-state index in [4.69, 9.17) is 9.73 Å². The van der Waals surface area contributed by atoms with Gasteiger partial charge in [-0.1, -0.05) is 164 Å². The van der Waals surface area contributed by atoms with Crippen LogP contribution in [0.15, 0.2) is 199 Å². The van der Waals surface area contributed by atoms with Crippen LogP contribution in [0.25, 0.3) is 43.8 Å². The van der Waals surface area contributed by atoms with Gasteiger partial charge in [0.15, 0.2) is 0 Å². The highest BCUT2D eigenvalue weighted by Crippen LogP contribution is 2.65. The minimum Gasteiger partial charge on any atom is -0.457 e. The summed E-state index contributed by atoms with van der Waals surface area (Å²) in [5.41, 5.74) is 14.6. The highest BCUT2D eigenvalue weighted by Gasteiger charge is 2.52. The molecule has 0 bridgehead atoms. The Hall–Kier alpha value is -7.23. The van der Waals surface area contributed by atoms with Gasteiger partial charge in [0, 0.05) is 27.9 Å². The van der Waals surface area contributed by atoms with Crippen LogP contribution in [0.2, 0.25) is 0 Å². The van der Waals surface area contributed by atoms with E-state index in [0.717, 1.165) is 61.8 Å². The molecule has 1 N–H and O–H groups in total. The summed E-state index contributed by atoms with van der Waals surface area (Å²) in [6.07, 6.45) is -0.239. The topological polar surface area (TPSA) is 33.6 Å². The zero-order valence-electron chi connectivity index (χ0n) is 30.4. The lowest BCUT2D eigenvalue weighted by molar-refractivity contribution is 0.437. The first-order chi connectivity index (χ1) is 27.8. The van der Waals surface area contributed by atoms with Gasteiger partial charge in [0.05, 0.1) is 11.1 Å². The number of nitrogens with zero attached hydrogens (tertiary/aromatic N) is 1. The van der Waals surface area contributed by atoms with Gasteiger partial charge in [-0.15, -0.1) is 0 Å². The minimum atomic E-state index is -0.614. The van der Waals surface area contributed by atoms with Crippen molar-refractivity contribution in [2.24, 2.45) is 4.99 Å². The Morgan fingerprint density at radius 3 is 1.84 bits per heavy atom. The number of benzene rings is 9. The van der Waals surface area contributed by atoms with Crippen molar-refractivity contribution < 1.29 is 4.74 Å². The Balaban J connectivity index is 1.11. The Labute approximate surface area is 325 Å². The number of ether oxygens (including phenoxy) is 1. The van der Waals surface area contributed by atoms with Gasteiger partial charge in [0.1, 0.15) is 17.7 Å². The van der Waals surface area contributed by atoms with Gasteiger partial charge in [0.25, 0.3) is 0 Å². The van der Waals surface area contributed by atoms with Crippen molar-refractivity contribution in [3.05, 3.63) is 233 Å². The van der Waals surface area contributed by atoms with Crippen molar-refractivity contribution in [2.75, 3.05) is 5.32 Å². The summed E-state index contributed by atoms with van der Waals surface area (Å²) in [4.78, 5) is 5.35. The largest absolute Gasteiger partial charge is 0.457 e. The molecule has 1 aliphatic carbocycles. The fourth-order valence-electron chi connectivity index (χ4n) is 9.82. The van der Waals surface area contributed by atoms with Gasteiger partial charge in [-0.3, -0.25) is 4.99 Å². The second-order valence-corrected chi connectivity index (χ2v) is 15.0. The summed E-state index contributed by atoms with van der Waals surface area (Å²) < 4.78 is 6.74. The van der Waals surface area contributed by atoms with Crippen LogP contribution in [-0.4, -0.2) is 5.71 Å². The Morgan fingerprint density at radius 2 is 1.05 bits per heavy atom. The number of anilines is 1. The lowest BCUT2D eigenvalue weighted by Gasteiger charge is -2.40. The van der Waals surface area contributed by atoms with Crippen LogP contribution in [-0.2, 0) is 5.41 Å². The van der Waals surface area contributed by atoms with Crippen LogP contribution in [0.3, 0.4) is 0 Å². The summed E-state index contributed by atoms with van der Waals surface area (Å²) in [7, 11) is 0. The van der Waals surface area contributed by atoms with Crippen LogP contribution in [0.4, 0.5) is 5.69 Å². The zero-order chi connectivity index (χ0) is 36.8. The molecule has 0 aromatic heterocycles. The van der Waals surface area contributed by atoms with E-state index in [0.29, 0.717) is 0 Å². The molecule has 56 heavy (non-hydrogen) atoms. The smallest absolute Gasteiger partial charge is 0.145 e. The van der Waals surface area contributed by atoms with Gasteiger partial charge in [-0.05, 0) is 90.8 Å². The van der Waals surface area contributed by atoms with Gasteiger partial charge in [-0.2, -0.15) is 0 Å². The summed E-state index contributed by atoms with van der Waals surface area (Å²) in [5.74, 6) is 1.79. The molecule has 3 heteroatoms. The molecule has 0 saturated heterocycles. The molecule has 12 rings (SSSR count). The molecule has 2 heterocycles. The fraction of sp³-hybridized carbons (Fsp3) is 0.0377. The third-order valence-corrected chi connectivity index (χ3v) is 12.1. The van der Waals surface area contributed by atoms with E-state index in [2.05, 4.69) is 199 Å². The Bertz CT molecular complexity index is 3060. The number of hydrogen-bond donors (Lipinski definition) is 1. The van der Waals surface area contributed by atoms with Crippen LogP contribution in [0, 0.1) is 0 Å². The molecule has 0 saturated carbocycles. The molecule has 0 radical (unpaired) electrons. The number of hydrogen-bond acceptors (Lipinski definition) is 3. The van der Waals surface area contributed by atoms with Crippen LogP contribution in [0.5, 0.6) is 11.5 Å². The molecule has 3 nitrogen and oxygen atoms in total. The SMILES string of the molecule is c1ccc(C2=NC(c3cccc(-c4ccc5c(c4)C4(c6ccccc6Oc6ccccc64)c4c-5c5ccccc5c5ccccc45)c3)Nc3ccccc32)cc1. The van der Waals surface area contributed by atoms with Gasteiger partial charge < -0.3 is 10.1 Å². The van der Waals surface area contributed by atoms with E-state index < -0.39 is 5.41 Å². The summed E-state index contributed by atoms with van der Waals surface area (Å²) in [6, 6.07) is 70.2. The predicted octanol–water partition coefficient (Wildman–Crippen LogP) is 13.1. The van der Waals surface area contributed by atoms with Gasteiger partial charge in [0.2, 0.25) is 0 Å². The van der Waals surface area contributed by atoms with Crippen LogP contribution >= 0.6 is 0 Å². The maximum Gasteiger partial charge on any atom is 0.145 e. The zero-order valence-corrected chi connectivity index (χ0v) is 30.4. The maximum absolute atomic E-state index is 6.74. The Morgan fingerprint density at radius 1 is 0.446 bits per heavy atom. The Kier molecular flexibility index (Phi) is 6.61. The fourth-order valence-corrected chi connectivity index (χ4v) is 9.82. The number of fused-ring (bicyclic) bond motifs is 15. The summed E-state index contributed by atoms with van der Waals surface area (Å²) >= 11 is 0. The van der Waals surface area contributed by atoms with Crippen molar-refractivity contribution in [2.45, 2.75) is 11.6 Å².